The smallest absolute Gasteiger partial charge is 0.188 e. The van der Waals surface area contributed by atoms with Crippen molar-refractivity contribution in [3.05, 3.63) is 75.9 Å². The average molecular weight is 351 g/mol. The molecule has 3 rings (SSSR count). The predicted molar refractivity (Wildman–Crippen MR) is 100 cm³/mol. The summed E-state index contributed by atoms with van der Waals surface area (Å²) in [5, 5.41) is 4.70. The molecule has 0 aliphatic carbocycles. The summed E-state index contributed by atoms with van der Waals surface area (Å²) in [5.41, 5.74) is 11.8. The summed E-state index contributed by atoms with van der Waals surface area (Å²) in [6.07, 6.45) is 1.84. The number of rotatable bonds is 8. The third-order valence-electron chi connectivity index (χ3n) is 4.21. The van der Waals surface area contributed by atoms with Gasteiger partial charge in [-0.1, -0.05) is 29.4 Å². The van der Waals surface area contributed by atoms with E-state index in [0.29, 0.717) is 5.76 Å². The standard InChI is InChI=1S/C20H21N3O3/c1-14(22-23-21)19-12-17-8-5-16(11-20(17)26-19)4-3-15-6-9-18(10-7-15)25-13-24-2/h5-12,14H,3-4,13H2,1-2H3. The first-order valence-corrected chi connectivity index (χ1v) is 8.47. The topological polar surface area (TPSA) is 80.4 Å². The number of hydrogen-bond donors (Lipinski definition) is 0. The van der Waals surface area contributed by atoms with Crippen molar-refractivity contribution in [2.75, 3.05) is 13.9 Å². The van der Waals surface area contributed by atoms with Gasteiger partial charge in [-0.25, -0.2) is 0 Å². The van der Waals surface area contributed by atoms with Crippen LogP contribution in [0.5, 0.6) is 5.75 Å². The van der Waals surface area contributed by atoms with Crippen LogP contribution >= 0.6 is 0 Å². The lowest BCUT2D eigenvalue weighted by molar-refractivity contribution is 0.0511. The zero-order valence-corrected chi connectivity index (χ0v) is 14.9. The van der Waals surface area contributed by atoms with Crippen molar-refractivity contribution >= 4 is 11.0 Å². The van der Waals surface area contributed by atoms with Crippen molar-refractivity contribution < 1.29 is 13.9 Å². The molecule has 1 heterocycles. The van der Waals surface area contributed by atoms with E-state index < -0.39 is 0 Å². The van der Waals surface area contributed by atoms with Crippen LogP contribution in [0, 0.1) is 0 Å². The number of furan rings is 1. The van der Waals surface area contributed by atoms with Crippen LogP contribution in [0.3, 0.4) is 0 Å². The maximum absolute atomic E-state index is 8.56. The van der Waals surface area contributed by atoms with Gasteiger partial charge in [-0.05, 0) is 60.7 Å². The van der Waals surface area contributed by atoms with Gasteiger partial charge in [0.25, 0.3) is 0 Å². The molecule has 0 spiro atoms. The minimum Gasteiger partial charge on any atom is -0.468 e. The fraction of sp³-hybridized carbons (Fsp3) is 0.300. The van der Waals surface area contributed by atoms with Gasteiger partial charge in [-0.2, -0.15) is 0 Å². The molecule has 1 aromatic heterocycles. The zero-order chi connectivity index (χ0) is 18.4. The second-order valence-corrected chi connectivity index (χ2v) is 6.10. The SMILES string of the molecule is COCOc1ccc(CCc2ccc3cc(C(C)N=[N+]=[N-])oc3c2)cc1. The van der Waals surface area contributed by atoms with E-state index in [0.717, 1.165) is 29.6 Å². The van der Waals surface area contributed by atoms with E-state index in [9.17, 15) is 0 Å². The number of aryl methyl sites for hydroxylation is 2. The molecule has 0 aliphatic rings. The van der Waals surface area contributed by atoms with Crippen molar-refractivity contribution in [3.63, 3.8) is 0 Å². The molecule has 0 radical (unpaired) electrons. The minimum absolute atomic E-state index is 0.253. The van der Waals surface area contributed by atoms with Gasteiger partial charge in [-0.15, -0.1) is 0 Å². The zero-order valence-electron chi connectivity index (χ0n) is 14.9. The minimum atomic E-state index is -0.310. The highest BCUT2D eigenvalue weighted by molar-refractivity contribution is 5.78. The molecule has 1 atom stereocenters. The van der Waals surface area contributed by atoms with Crippen LogP contribution in [0.4, 0.5) is 0 Å². The van der Waals surface area contributed by atoms with E-state index in [1.165, 1.54) is 11.1 Å². The highest BCUT2D eigenvalue weighted by atomic mass is 16.7. The second-order valence-electron chi connectivity index (χ2n) is 6.10. The Kier molecular flexibility index (Phi) is 5.79. The molecule has 0 bridgehead atoms. The Balaban J connectivity index is 1.66. The molecule has 26 heavy (non-hydrogen) atoms. The van der Waals surface area contributed by atoms with E-state index in [2.05, 4.69) is 34.3 Å². The molecule has 0 N–H and O–H groups in total. The predicted octanol–water partition coefficient (Wildman–Crippen LogP) is 5.57. The van der Waals surface area contributed by atoms with Gasteiger partial charge in [-0.3, -0.25) is 0 Å². The number of benzene rings is 2. The fourth-order valence-corrected chi connectivity index (χ4v) is 2.76. The molecule has 3 aromatic rings. The fourth-order valence-electron chi connectivity index (χ4n) is 2.76. The highest BCUT2D eigenvalue weighted by Crippen LogP contribution is 2.27. The number of fused-ring (bicyclic) bond motifs is 1. The monoisotopic (exact) mass is 351 g/mol. The molecule has 6 nitrogen and oxygen atoms in total. The van der Waals surface area contributed by atoms with E-state index in [-0.39, 0.29) is 12.8 Å². The third kappa shape index (κ3) is 4.36. The molecule has 1 unspecified atom stereocenters. The molecule has 6 heteroatoms. The molecular formula is C20H21N3O3. The Morgan fingerprint density at radius 1 is 1.08 bits per heavy atom. The number of hydrogen-bond acceptors (Lipinski definition) is 4. The molecule has 2 aromatic carbocycles. The molecule has 0 fully saturated rings. The van der Waals surface area contributed by atoms with Gasteiger partial charge >= 0.3 is 0 Å². The highest BCUT2D eigenvalue weighted by Gasteiger charge is 2.10. The summed E-state index contributed by atoms with van der Waals surface area (Å²) in [6, 6.07) is 15.9. The van der Waals surface area contributed by atoms with Crippen LogP contribution in [-0.2, 0) is 17.6 Å². The summed E-state index contributed by atoms with van der Waals surface area (Å²) < 4.78 is 16.1. The number of methoxy groups -OCH3 is 1. The molecule has 134 valence electrons. The van der Waals surface area contributed by atoms with Gasteiger partial charge < -0.3 is 13.9 Å². The van der Waals surface area contributed by atoms with Crippen LogP contribution < -0.4 is 4.74 Å². The van der Waals surface area contributed by atoms with E-state index in [1.807, 2.05) is 31.2 Å². The van der Waals surface area contributed by atoms with Gasteiger partial charge in [0.15, 0.2) is 6.79 Å². The van der Waals surface area contributed by atoms with Crippen molar-refractivity contribution in [1.29, 1.82) is 0 Å². The second kappa shape index (κ2) is 8.43. The third-order valence-corrected chi connectivity index (χ3v) is 4.21. The van der Waals surface area contributed by atoms with Crippen LogP contribution in [0.2, 0.25) is 0 Å². The van der Waals surface area contributed by atoms with Crippen molar-refractivity contribution in [1.82, 2.24) is 0 Å². The first-order chi connectivity index (χ1) is 12.7. The van der Waals surface area contributed by atoms with Crippen molar-refractivity contribution in [2.45, 2.75) is 25.8 Å². The summed E-state index contributed by atoms with van der Waals surface area (Å²) in [4.78, 5) is 2.83. The van der Waals surface area contributed by atoms with Crippen molar-refractivity contribution in [2.24, 2.45) is 5.11 Å². The summed E-state index contributed by atoms with van der Waals surface area (Å²) in [5.74, 6) is 1.48. The lowest BCUT2D eigenvalue weighted by Crippen LogP contribution is -1.99. The van der Waals surface area contributed by atoms with Crippen molar-refractivity contribution in [3.8, 4) is 5.75 Å². The largest absolute Gasteiger partial charge is 0.468 e. The molecule has 0 saturated heterocycles. The van der Waals surface area contributed by atoms with E-state index in [1.54, 1.807) is 7.11 Å². The van der Waals surface area contributed by atoms with E-state index >= 15 is 0 Å². The lowest BCUT2D eigenvalue weighted by atomic mass is 10.0. The van der Waals surface area contributed by atoms with Gasteiger partial charge in [0.05, 0.1) is 6.04 Å². The van der Waals surface area contributed by atoms with Gasteiger partial charge in [0.1, 0.15) is 17.1 Å². The molecular weight excluding hydrogens is 330 g/mol. The lowest BCUT2D eigenvalue weighted by Gasteiger charge is -2.06. The Hall–Kier alpha value is -2.95. The van der Waals surface area contributed by atoms with Crippen LogP contribution in [0.15, 0.2) is 58.1 Å². The number of nitrogens with zero attached hydrogens (tertiary/aromatic N) is 3. The maximum atomic E-state index is 8.56. The molecule has 0 aliphatic heterocycles. The first kappa shape index (κ1) is 17.9. The molecule has 0 amide bonds. The quantitative estimate of drug-likeness (QED) is 0.230. The van der Waals surface area contributed by atoms with Crippen LogP contribution in [-0.4, -0.2) is 13.9 Å². The van der Waals surface area contributed by atoms with E-state index in [4.69, 9.17) is 19.4 Å². The summed E-state index contributed by atoms with van der Waals surface area (Å²) in [6.45, 7) is 2.07. The van der Waals surface area contributed by atoms with Gasteiger partial charge in [0.2, 0.25) is 0 Å². The summed E-state index contributed by atoms with van der Waals surface area (Å²) in [7, 11) is 1.60. The Morgan fingerprint density at radius 3 is 2.54 bits per heavy atom. The average Bonchev–Trinajstić information content (AvgIpc) is 3.09. The summed E-state index contributed by atoms with van der Waals surface area (Å²) >= 11 is 0. The Bertz CT molecular complexity index is 912. The Labute approximate surface area is 152 Å². The Morgan fingerprint density at radius 2 is 1.81 bits per heavy atom. The van der Waals surface area contributed by atoms with Gasteiger partial charge in [0, 0.05) is 17.4 Å². The number of azide groups is 1. The normalized spacial score (nSPS) is 11.9. The van der Waals surface area contributed by atoms with Crippen LogP contribution in [0.1, 0.15) is 29.9 Å². The first-order valence-electron chi connectivity index (χ1n) is 8.47. The number of ether oxygens (including phenoxy) is 2. The molecule has 0 saturated carbocycles. The maximum Gasteiger partial charge on any atom is 0.188 e. The van der Waals surface area contributed by atoms with Crippen LogP contribution in [0.25, 0.3) is 21.4 Å².